The summed E-state index contributed by atoms with van der Waals surface area (Å²) in [4.78, 5) is 0. The van der Waals surface area contributed by atoms with Gasteiger partial charge in [0.2, 0.25) is 0 Å². The zero-order valence-corrected chi connectivity index (χ0v) is 9.53. The Hall–Kier alpha value is -0.120. The molecule has 1 heterocycles. The van der Waals surface area contributed by atoms with Crippen molar-refractivity contribution in [2.45, 2.75) is 58.5 Å². The lowest BCUT2D eigenvalue weighted by Crippen LogP contribution is -2.56. The van der Waals surface area contributed by atoms with Crippen LogP contribution in [0.1, 0.15) is 40.5 Å². The average molecular weight is 202 g/mol. The Balaban J connectivity index is 2.84. The Morgan fingerprint density at radius 1 is 1.29 bits per heavy atom. The Morgan fingerprint density at radius 3 is 2.29 bits per heavy atom. The van der Waals surface area contributed by atoms with Crippen molar-refractivity contribution in [3.63, 3.8) is 0 Å². The van der Waals surface area contributed by atoms with Gasteiger partial charge in [-0.05, 0) is 12.8 Å². The maximum atomic E-state index is 10.2. The molecule has 0 spiro atoms. The minimum Gasteiger partial charge on any atom is -0.392 e. The molecule has 1 aliphatic rings. The van der Waals surface area contributed by atoms with E-state index < -0.39 is 11.9 Å². The molecule has 0 bridgehead atoms. The molecule has 14 heavy (non-hydrogen) atoms. The van der Waals surface area contributed by atoms with Crippen molar-refractivity contribution >= 4 is 0 Å². The Labute approximate surface area is 86.1 Å². The van der Waals surface area contributed by atoms with E-state index in [1.54, 1.807) is 0 Å². The molecule has 0 aromatic heterocycles. The lowest BCUT2D eigenvalue weighted by Gasteiger charge is -2.47. The second-order valence-electron chi connectivity index (χ2n) is 4.40. The zero-order chi connectivity index (χ0) is 10.9. The van der Waals surface area contributed by atoms with Crippen molar-refractivity contribution in [2.24, 2.45) is 11.8 Å². The van der Waals surface area contributed by atoms with Gasteiger partial charge in [0.25, 0.3) is 0 Å². The normalized spacial score (nSPS) is 49.3. The standard InChI is InChI=1S/C11H22O3/c1-5-9-7(3)10(12)8(4)11(13,6-2)14-9/h7-10,12-13H,5-6H2,1-4H3/t7-,8+,9+,10-,11-/m0/s1. The van der Waals surface area contributed by atoms with E-state index >= 15 is 0 Å². The maximum Gasteiger partial charge on any atom is 0.170 e. The highest BCUT2D eigenvalue weighted by Gasteiger charge is 2.47. The average Bonchev–Trinajstić information content (AvgIpc) is 2.20. The second kappa shape index (κ2) is 4.17. The molecule has 1 fully saturated rings. The van der Waals surface area contributed by atoms with Gasteiger partial charge in [0.1, 0.15) is 0 Å². The summed E-state index contributed by atoms with van der Waals surface area (Å²) in [7, 11) is 0. The third-order valence-electron chi connectivity index (χ3n) is 3.61. The first-order valence-electron chi connectivity index (χ1n) is 5.54. The van der Waals surface area contributed by atoms with Gasteiger partial charge in [0.15, 0.2) is 5.79 Å². The van der Waals surface area contributed by atoms with Crippen molar-refractivity contribution < 1.29 is 14.9 Å². The molecule has 1 rings (SSSR count). The first-order valence-corrected chi connectivity index (χ1v) is 5.54. The Morgan fingerprint density at radius 2 is 1.86 bits per heavy atom. The van der Waals surface area contributed by atoms with Crippen molar-refractivity contribution in [3.05, 3.63) is 0 Å². The van der Waals surface area contributed by atoms with Crippen molar-refractivity contribution in [1.29, 1.82) is 0 Å². The molecule has 1 saturated heterocycles. The van der Waals surface area contributed by atoms with Crippen molar-refractivity contribution in [2.75, 3.05) is 0 Å². The van der Waals surface area contributed by atoms with E-state index in [9.17, 15) is 10.2 Å². The lowest BCUT2D eigenvalue weighted by atomic mass is 9.79. The smallest absolute Gasteiger partial charge is 0.170 e. The molecule has 3 nitrogen and oxygen atoms in total. The number of aliphatic hydroxyl groups is 2. The fourth-order valence-electron chi connectivity index (χ4n) is 2.28. The van der Waals surface area contributed by atoms with Gasteiger partial charge >= 0.3 is 0 Å². The highest BCUT2D eigenvalue weighted by atomic mass is 16.6. The van der Waals surface area contributed by atoms with Gasteiger partial charge in [-0.3, -0.25) is 0 Å². The van der Waals surface area contributed by atoms with E-state index in [-0.39, 0.29) is 17.9 Å². The third-order valence-corrected chi connectivity index (χ3v) is 3.61. The summed E-state index contributed by atoms with van der Waals surface area (Å²) in [6.07, 6.45) is 0.839. The van der Waals surface area contributed by atoms with Gasteiger partial charge < -0.3 is 14.9 Å². The van der Waals surface area contributed by atoms with Crippen LogP contribution in [0.4, 0.5) is 0 Å². The van der Waals surface area contributed by atoms with E-state index in [0.717, 1.165) is 6.42 Å². The fourth-order valence-corrected chi connectivity index (χ4v) is 2.28. The molecule has 2 N–H and O–H groups in total. The monoisotopic (exact) mass is 202 g/mol. The van der Waals surface area contributed by atoms with Gasteiger partial charge in [-0.1, -0.05) is 27.7 Å². The molecule has 1 aliphatic heterocycles. The van der Waals surface area contributed by atoms with Crippen LogP contribution in [0, 0.1) is 11.8 Å². The first kappa shape index (κ1) is 12.0. The highest BCUT2D eigenvalue weighted by molar-refractivity contribution is 4.90. The summed E-state index contributed by atoms with van der Waals surface area (Å²) < 4.78 is 5.66. The summed E-state index contributed by atoms with van der Waals surface area (Å²) >= 11 is 0. The summed E-state index contributed by atoms with van der Waals surface area (Å²) in [6, 6.07) is 0. The van der Waals surface area contributed by atoms with Gasteiger partial charge in [-0.2, -0.15) is 0 Å². The van der Waals surface area contributed by atoms with Crippen LogP contribution in [-0.2, 0) is 4.74 Å². The molecule has 0 saturated carbocycles. The summed E-state index contributed by atoms with van der Waals surface area (Å²) in [5.74, 6) is -1.26. The Bertz CT molecular complexity index is 193. The number of aliphatic hydroxyl groups excluding tert-OH is 1. The molecule has 0 aromatic rings. The lowest BCUT2D eigenvalue weighted by molar-refractivity contribution is -0.318. The topological polar surface area (TPSA) is 49.7 Å². The third kappa shape index (κ3) is 1.81. The predicted molar refractivity (Wildman–Crippen MR) is 54.7 cm³/mol. The minimum absolute atomic E-state index is 0.0360. The molecule has 3 heteroatoms. The van der Waals surface area contributed by atoms with E-state index in [4.69, 9.17) is 4.74 Å². The minimum atomic E-state index is -1.15. The molecule has 0 unspecified atom stereocenters. The van der Waals surface area contributed by atoms with E-state index in [1.165, 1.54) is 0 Å². The molecule has 0 aliphatic carbocycles. The van der Waals surface area contributed by atoms with Gasteiger partial charge in [0.05, 0.1) is 12.2 Å². The number of rotatable bonds is 2. The SMILES string of the molecule is CC[C@H]1O[C@@](O)(CC)[C@H](C)[C@@H](O)[C@H]1C. The molecule has 5 atom stereocenters. The highest BCUT2D eigenvalue weighted by Crippen LogP contribution is 2.38. The number of hydrogen-bond donors (Lipinski definition) is 2. The van der Waals surface area contributed by atoms with Crippen LogP contribution in [0.5, 0.6) is 0 Å². The Kier molecular flexibility index (Phi) is 3.56. The predicted octanol–water partition coefficient (Wildman–Crippen LogP) is 1.53. The molecular formula is C11H22O3. The van der Waals surface area contributed by atoms with Crippen molar-refractivity contribution in [1.82, 2.24) is 0 Å². The van der Waals surface area contributed by atoms with Gasteiger partial charge in [-0.25, -0.2) is 0 Å². The van der Waals surface area contributed by atoms with Crippen LogP contribution in [0.15, 0.2) is 0 Å². The first-order chi connectivity index (χ1) is 6.46. The number of hydrogen-bond acceptors (Lipinski definition) is 3. The van der Waals surface area contributed by atoms with Gasteiger partial charge in [-0.15, -0.1) is 0 Å². The van der Waals surface area contributed by atoms with Gasteiger partial charge in [0, 0.05) is 11.8 Å². The summed E-state index contributed by atoms with van der Waals surface area (Å²) in [5.41, 5.74) is 0. The van der Waals surface area contributed by atoms with E-state index in [2.05, 4.69) is 0 Å². The van der Waals surface area contributed by atoms with E-state index in [0.29, 0.717) is 6.42 Å². The van der Waals surface area contributed by atoms with Crippen molar-refractivity contribution in [3.8, 4) is 0 Å². The van der Waals surface area contributed by atoms with E-state index in [1.807, 2.05) is 27.7 Å². The molecule has 0 aromatic carbocycles. The number of ether oxygens (including phenoxy) is 1. The van der Waals surface area contributed by atoms with Crippen LogP contribution in [0.2, 0.25) is 0 Å². The summed E-state index contributed by atoms with van der Waals surface area (Å²) in [6.45, 7) is 7.72. The molecular weight excluding hydrogens is 180 g/mol. The summed E-state index contributed by atoms with van der Waals surface area (Å²) in [5, 5.41) is 20.1. The van der Waals surface area contributed by atoms with Crippen LogP contribution < -0.4 is 0 Å². The fraction of sp³-hybridized carbons (Fsp3) is 1.00. The molecule has 0 amide bonds. The quantitative estimate of drug-likeness (QED) is 0.714. The zero-order valence-electron chi connectivity index (χ0n) is 9.53. The maximum absolute atomic E-state index is 10.2. The van der Waals surface area contributed by atoms with Crippen LogP contribution in [-0.4, -0.2) is 28.2 Å². The molecule has 84 valence electrons. The van der Waals surface area contributed by atoms with Crippen LogP contribution in [0.25, 0.3) is 0 Å². The molecule has 0 radical (unpaired) electrons. The second-order valence-corrected chi connectivity index (χ2v) is 4.40. The van der Waals surface area contributed by atoms with Crippen LogP contribution >= 0.6 is 0 Å². The largest absolute Gasteiger partial charge is 0.392 e. The van der Waals surface area contributed by atoms with Crippen LogP contribution in [0.3, 0.4) is 0 Å².